The molecule has 3 aromatic carbocycles. The van der Waals surface area contributed by atoms with E-state index in [4.69, 9.17) is 16.6 Å². The van der Waals surface area contributed by atoms with Crippen LogP contribution in [0.15, 0.2) is 72.8 Å². The van der Waals surface area contributed by atoms with Crippen molar-refractivity contribution < 1.29 is 9.90 Å². The van der Waals surface area contributed by atoms with Crippen LogP contribution in [0.3, 0.4) is 0 Å². The molecular weight excluding hydrogens is 414 g/mol. The first-order valence-corrected chi connectivity index (χ1v) is 10.8. The van der Waals surface area contributed by atoms with Crippen LogP contribution in [0.4, 0.5) is 11.8 Å². The van der Waals surface area contributed by atoms with Gasteiger partial charge in [0.15, 0.2) is 0 Å². The molecular formula is C26H27N5O2. The van der Waals surface area contributed by atoms with E-state index in [1.165, 1.54) is 16.3 Å². The molecule has 0 bridgehead atoms. The molecule has 0 radical (unpaired) electrons. The molecule has 1 atom stereocenters. The largest absolute Gasteiger partial charge is 0.480 e. The summed E-state index contributed by atoms with van der Waals surface area (Å²) in [7, 11) is 1.99. The number of anilines is 2. The van der Waals surface area contributed by atoms with Crippen molar-refractivity contribution >= 4 is 28.5 Å². The minimum Gasteiger partial charge on any atom is -0.480 e. The third-order valence-corrected chi connectivity index (χ3v) is 5.69. The number of aliphatic carboxylic acids is 1. The van der Waals surface area contributed by atoms with Crippen LogP contribution in [0.25, 0.3) is 22.0 Å². The normalized spacial score (nSPS) is 11.9. The van der Waals surface area contributed by atoms with E-state index in [2.05, 4.69) is 51.3 Å². The van der Waals surface area contributed by atoms with Gasteiger partial charge in [-0.2, -0.15) is 4.98 Å². The highest BCUT2D eigenvalue weighted by Gasteiger charge is 2.13. The Kier molecular flexibility index (Phi) is 6.51. The zero-order chi connectivity index (χ0) is 23.4. The lowest BCUT2D eigenvalue weighted by Crippen LogP contribution is -2.32. The Hall–Kier alpha value is -3.97. The third kappa shape index (κ3) is 5.45. The fourth-order valence-corrected chi connectivity index (χ4v) is 3.75. The first-order valence-electron chi connectivity index (χ1n) is 10.8. The van der Waals surface area contributed by atoms with Gasteiger partial charge in [0.2, 0.25) is 5.95 Å². The molecule has 7 nitrogen and oxygen atoms in total. The Bertz CT molecular complexity index is 1270. The Balaban J connectivity index is 1.47. The number of carbonyl (C=O) groups is 1. The number of likely N-dealkylation sites (N-methyl/N-ethyl adjacent to an activating group) is 1. The summed E-state index contributed by atoms with van der Waals surface area (Å²) in [4.78, 5) is 21.8. The van der Waals surface area contributed by atoms with Crippen LogP contribution < -0.4 is 16.4 Å². The quantitative estimate of drug-likeness (QED) is 0.383. The molecule has 1 heterocycles. The lowest BCUT2D eigenvalue weighted by Gasteiger charge is -2.19. The molecule has 0 aliphatic rings. The number of hydrogen-bond acceptors (Lipinski definition) is 6. The molecule has 0 saturated heterocycles. The maximum atomic E-state index is 11.0. The number of carboxylic acids is 1. The van der Waals surface area contributed by atoms with Crippen LogP contribution >= 0.6 is 0 Å². The first-order chi connectivity index (χ1) is 15.9. The van der Waals surface area contributed by atoms with E-state index in [-0.39, 0.29) is 12.4 Å². The molecule has 168 valence electrons. The van der Waals surface area contributed by atoms with Crippen molar-refractivity contribution in [1.29, 1.82) is 0 Å². The van der Waals surface area contributed by atoms with Crippen molar-refractivity contribution in [2.45, 2.75) is 18.9 Å². The van der Waals surface area contributed by atoms with Crippen molar-refractivity contribution in [2.75, 3.05) is 24.2 Å². The average molecular weight is 442 g/mol. The average Bonchev–Trinajstić information content (AvgIpc) is 2.82. The summed E-state index contributed by atoms with van der Waals surface area (Å²) in [6, 6.07) is 23.4. The summed E-state index contributed by atoms with van der Waals surface area (Å²) < 4.78 is 0. The summed E-state index contributed by atoms with van der Waals surface area (Å²) in [5.74, 6) is -0.0636. The standard InChI is InChI=1S/C26H27N5O2/c1-31(13-12-18-6-9-19-4-2-3-5-21(19)14-18)24-16-23(29-26(28)30-24)20-10-7-17(8-11-20)15-22(27)25(32)33/h2-11,14,16,22H,12-13,15,27H2,1H3,(H,32,33)(H2,28,29,30)/t22-/m0/s1. The predicted octanol–water partition coefficient (Wildman–Crippen LogP) is 3.51. The summed E-state index contributed by atoms with van der Waals surface area (Å²) in [6.07, 6.45) is 1.14. The molecule has 0 aliphatic heterocycles. The van der Waals surface area contributed by atoms with E-state index < -0.39 is 12.0 Å². The van der Waals surface area contributed by atoms with Gasteiger partial charge in [-0.3, -0.25) is 4.79 Å². The Morgan fingerprint density at radius 1 is 0.970 bits per heavy atom. The molecule has 0 saturated carbocycles. The number of benzene rings is 3. The van der Waals surface area contributed by atoms with Crippen LogP contribution in [0.2, 0.25) is 0 Å². The zero-order valence-electron chi connectivity index (χ0n) is 18.5. The minimum atomic E-state index is -1.01. The number of aromatic nitrogens is 2. The molecule has 4 aromatic rings. The lowest BCUT2D eigenvalue weighted by molar-refractivity contribution is -0.138. The molecule has 0 spiro atoms. The number of fused-ring (bicyclic) bond motifs is 1. The maximum absolute atomic E-state index is 11.0. The molecule has 4 rings (SSSR count). The molecule has 0 unspecified atom stereocenters. The van der Waals surface area contributed by atoms with E-state index in [1.807, 2.05) is 43.4 Å². The molecule has 7 heteroatoms. The number of nitrogens with two attached hydrogens (primary N) is 2. The van der Waals surface area contributed by atoms with Crippen molar-refractivity contribution in [1.82, 2.24) is 9.97 Å². The summed E-state index contributed by atoms with van der Waals surface area (Å²) >= 11 is 0. The molecule has 0 fully saturated rings. The second kappa shape index (κ2) is 9.67. The minimum absolute atomic E-state index is 0.206. The second-order valence-electron chi connectivity index (χ2n) is 8.17. The molecule has 1 aromatic heterocycles. The SMILES string of the molecule is CN(CCc1ccc2ccccc2c1)c1cc(-c2ccc(C[C@H](N)C(=O)O)cc2)nc(N)n1. The zero-order valence-corrected chi connectivity index (χ0v) is 18.5. The summed E-state index contributed by atoms with van der Waals surface area (Å²) in [5.41, 5.74) is 15.3. The first kappa shape index (κ1) is 22.2. The van der Waals surface area contributed by atoms with Gasteiger partial charge in [0.25, 0.3) is 0 Å². The van der Waals surface area contributed by atoms with Crippen molar-refractivity contribution in [2.24, 2.45) is 5.73 Å². The molecule has 0 aliphatic carbocycles. The van der Waals surface area contributed by atoms with E-state index >= 15 is 0 Å². The van der Waals surface area contributed by atoms with Gasteiger partial charge in [0, 0.05) is 25.2 Å². The highest BCUT2D eigenvalue weighted by molar-refractivity contribution is 5.83. The highest BCUT2D eigenvalue weighted by atomic mass is 16.4. The van der Waals surface area contributed by atoms with Gasteiger partial charge >= 0.3 is 5.97 Å². The van der Waals surface area contributed by atoms with Crippen LogP contribution in [0.5, 0.6) is 0 Å². The molecule has 33 heavy (non-hydrogen) atoms. The number of hydrogen-bond donors (Lipinski definition) is 3. The van der Waals surface area contributed by atoms with Crippen molar-refractivity contribution in [3.63, 3.8) is 0 Å². The van der Waals surface area contributed by atoms with Crippen molar-refractivity contribution in [3.05, 3.63) is 83.9 Å². The van der Waals surface area contributed by atoms with E-state index in [0.717, 1.165) is 29.9 Å². The Morgan fingerprint density at radius 2 is 1.67 bits per heavy atom. The highest BCUT2D eigenvalue weighted by Crippen LogP contribution is 2.23. The van der Waals surface area contributed by atoms with Gasteiger partial charge in [-0.25, -0.2) is 4.98 Å². The van der Waals surface area contributed by atoms with E-state index in [0.29, 0.717) is 5.69 Å². The monoisotopic (exact) mass is 441 g/mol. The summed E-state index contributed by atoms with van der Waals surface area (Å²) in [5, 5.41) is 11.5. The maximum Gasteiger partial charge on any atom is 0.320 e. The van der Waals surface area contributed by atoms with Gasteiger partial charge in [-0.15, -0.1) is 0 Å². The van der Waals surface area contributed by atoms with Gasteiger partial charge < -0.3 is 21.5 Å². The molecule has 0 amide bonds. The Labute approximate surface area is 192 Å². The fourth-order valence-electron chi connectivity index (χ4n) is 3.75. The van der Waals surface area contributed by atoms with Gasteiger partial charge in [-0.05, 0) is 34.7 Å². The number of nitrogens with zero attached hydrogens (tertiary/aromatic N) is 3. The van der Waals surface area contributed by atoms with Crippen LogP contribution in [-0.4, -0.2) is 40.7 Å². The van der Waals surface area contributed by atoms with E-state index in [9.17, 15) is 4.79 Å². The van der Waals surface area contributed by atoms with Crippen LogP contribution in [0, 0.1) is 0 Å². The van der Waals surface area contributed by atoms with Gasteiger partial charge in [0.1, 0.15) is 11.9 Å². The van der Waals surface area contributed by atoms with Crippen molar-refractivity contribution in [3.8, 4) is 11.3 Å². The van der Waals surface area contributed by atoms with Crippen LogP contribution in [0.1, 0.15) is 11.1 Å². The lowest BCUT2D eigenvalue weighted by atomic mass is 10.0. The van der Waals surface area contributed by atoms with Gasteiger partial charge in [0.05, 0.1) is 5.69 Å². The number of nitrogen functional groups attached to an aromatic ring is 1. The predicted molar refractivity (Wildman–Crippen MR) is 132 cm³/mol. The fraction of sp³-hybridized carbons (Fsp3) is 0.192. The number of carboxylic acid groups (broad SMARTS) is 1. The Morgan fingerprint density at radius 3 is 2.39 bits per heavy atom. The van der Waals surface area contributed by atoms with Gasteiger partial charge in [-0.1, -0.05) is 66.7 Å². The van der Waals surface area contributed by atoms with Crippen LogP contribution in [-0.2, 0) is 17.6 Å². The second-order valence-corrected chi connectivity index (χ2v) is 8.17. The van der Waals surface area contributed by atoms with E-state index in [1.54, 1.807) is 0 Å². The molecule has 5 N–H and O–H groups in total. The smallest absolute Gasteiger partial charge is 0.320 e. The summed E-state index contributed by atoms with van der Waals surface area (Å²) in [6.45, 7) is 0.778. The topological polar surface area (TPSA) is 118 Å². The third-order valence-electron chi connectivity index (χ3n) is 5.69. The number of rotatable bonds is 8.